The third kappa shape index (κ3) is 3.58. The number of halogens is 2. The summed E-state index contributed by atoms with van der Waals surface area (Å²) in [7, 11) is -2.82. The Balaban J connectivity index is 2.02. The van der Waals surface area contributed by atoms with Gasteiger partial charge in [-0.2, -0.15) is 0 Å². The molecule has 17 heavy (non-hydrogen) atoms. The maximum Gasteiger partial charge on any atom is 0.152 e. The SMILES string of the molecule is O=S1(=O)CCN(Cc2ccc(Cl)cc2Cl)CC1. The van der Waals surface area contributed by atoms with Gasteiger partial charge in [0.1, 0.15) is 0 Å². The summed E-state index contributed by atoms with van der Waals surface area (Å²) in [5.74, 6) is 0.469. The van der Waals surface area contributed by atoms with Crippen molar-refractivity contribution in [3.8, 4) is 0 Å². The largest absolute Gasteiger partial charge is 0.297 e. The van der Waals surface area contributed by atoms with E-state index in [0.29, 0.717) is 29.7 Å². The zero-order valence-corrected chi connectivity index (χ0v) is 11.5. The zero-order valence-electron chi connectivity index (χ0n) is 9.20. The predicted molar refractivity (Wildman–Crippen MR) is 70.4 cm³/mol. The van der Waals surface area contributed by atoms with Gasteiger partial charge in [0.15, 0.2) is 9.84 Å². The molecule has 0 saturated carbocycles. The molecule has 0 radical (unpaired) electrons. The van der Waals surface area contributed by atoms with Crippen molar-refractivity contribution in [2.75, 3.05) is 24.6 Å². The molecular weight excluding hydrogens is 281 g/mol. The Morgan fingerprint density at radius 3 is 2.41 bits per heavy atom. The lowest BCUT2D eigenvalue weighted by Gasteiger charge is -2.26. The summed E-state index contributed by atoms with van der Waals surface area (Å²) in [4.78, 5) is 2.09. The van der Waals surface area contributed by atoms with Crippen LogP contribution in [-0.4, -0.2) is 37.9 Å². The Morgan fingerprint density at radius 1 is 1.18 bits per heavy atom. The van der Waals surface area contributed by atoms with E-state index in [1.165, 1.54) is 0 Å². The summed E-state index contributed by atoms with van der Waals surface area (Å²) in [6, 6.07) is 5.39. The highest BCUT2D eigenvalue weighted by molar-refractivity contribution is 7.91. The average molecular weight is 294 g/mol. The molecule has 0 spiro atoms. The highest BCUT2D eigenvalue weighted by Crippen LogP contribution is 2.22. The first-order valence-electron chi connectivity index (χ1n) is 5.33. The molecule has 1 heterocycles. The van der Waals surface area contributed by atoms with Crippen molar-refractivity contribution in [1.82, 2.24) is 4.90 Å². The monoisotopic (exact) mass is 293 g/mol. The Labute approximate surface area is 111 Å². The lowest BCUT2D eigenvalue weighted by Crippen LogP contribution is -2.39. The van der Waals surface area contributed by atoms with Crippen LogP contribution in [0.3, 0.4) is 0 Å². The molecule has 1 aromatic rings. The molecular formula is C11H13Cl2NO2S. The minimum Gasteiger partial charge on any atom is -0.297 e. The van der Waals surface area contributed by atoms with E-state index >= 15 is 0 Å². The zero-order chi connectivity index (χ0) is 12.5. The standard InChI is InChI=1S/C11H13Cl2NO2S/c12-10-2-1-9(11(13)7-10)8-14-3-5-17(15,16)6-4-14/h1-2,7H,3-6,8H2. The first-order chi connectivity index (χ1) is 7.96. The summed E-state index contributed by atoms with van der Waals surface area (Å²) in [6.07, 6.45) is 0. The first kappa shape index (κ1) is 13.1. The van der Waals surface area contributed by atoms with Gasteiger partial charge >= 0.3 is 0 Å². The van der Waals surface area contributed by atoms with Crippen LogP contribution in [0.25, 0.3) is 0 Å². The molecule has 2 rings (SSSR count). The smallest absolute Gasteiger partial charge is 0.152 e. The Hall–Kier alpha value is -0.290. The van der Waals surface area contributed by atoms with E-state index in [9.17, 15) is 8.42 Å². The first-order valence-corrected chi connectivity index (χ1v) is 7.91. The Morgan fingerprint density at radius 2 is 1.82 bits per heavy atom. The number of benzene rings is 1. The number of sulfone groups is 1. The van der Waals surface area contributed by atoms with E-state index < -0.39 is 9.84 Å². The van der Waals surface area contributed by atoms with Crippen LogP contribution in [0.4, 0.5) is 0 Å². The maximum absolute atomic E-state index is 11.3. The van der Waals surface area contributed by atoms with E-state index in [-0.39, 0.29) is 11.5 Å². The second-order valence-corrected chi connectivity index (χ2v) is 7.31. The molecule has 0 bridgehead atoms. The van der Waals surface area contributed by atoms with Crippen molar-refractivity contribution in [2.24, 2.45) is 0 Å². The second-order valence-electron chi connectivity index (χ2n) is 4.16. The molecule has 1 fully saturated rings. The Bertz CT molecular complexity index is 502. The lowest BCUT2D eigenvalue weighted by atomic mass is 10.2. The van der Waals surface area contributed by atoms with Crippen molar-refractivity contribution in [3.63, 3.8) is 0 Å². The normalized spacial score (nSPS) is 20.4. The third-order valence-corrected chi connectivity index (χ3v) is 5.04. The van der Waals surface area contributed by atoms with Gasteiger partial charge in [-0.05, 0) is 17.7 Å². The number of hydrogen-bond acceptors (Lipinski definition) is 3. The molecule has 3 nitrogen and oxygen atoms in total. The molecule has 1 aliphatic rings. The molecule has 0 aliphatic carbocycles. The average Bonchev–Trinajstić information content (AvgIpc) is 2.25. The van der Waals surface area contributed by atoms with Gasteiger partial charge in [0.25, 0.3) is 0 Å². The molecule has 0 atom stereocenters. The van der Waals surface area contributed by atoms with E-state index in [1.54, 1.807) is 12.1 Å². The van der Waals surface area contributed by atoms with Crippen LogP contribution in [0.5, 0.6) is 0 Å². The Kier molecular flexibility index (Phi) is 3.98. The van der Waals surface area contributed by atoms with Crippen LogP contribution in [0.2, 0.25) is 10.0 Å². The van der Waals surface area contributed by atoms with Crippen LogP contribution < -0.4 is 0 Å². The fourth-order valence-electron chi connectivity index (χ4n) is 1.80. The fraction of sp³-hybridized carbons (Fsp3) is 0.455. The van der Waals surface area contributed by atoms with Gasteiger partial charge in [-0.1, -0.05) is 29.3 Å². The molecule has 1 aromatic carbocycles. The topological polar surface area (TPSA) is 37.4 Å². The van der Waals surface area contributed by atoms with Gasteiger partial charge in [-0.15, -0.1) is 0 Å². The number of hydrogen-bond donors (Lipinski definition) is 0. The number of nitrogens with zero attached hydrogens (tertiary/aromatic N) is 1. The molecule has 0 aromatic heterocycles. The van der Waals surface area contributed by atoms with Crippen molar-refractivity contribution < 1.29 is 8.42 Å². The second kappa shape index (κ2) is 5.14. The van der Waals surface area contributed by atoms with Gasteiger partial charge in [0.2, 0.25) is 0 Å². The van der Waals surface area contributed by atoms with Gasteiger partial charge in [0, 0.05) is 29.7 Å². The van der Waals surface area contributed by atoms with Gasteiger partial charge < -0.3 is 0 Å². The van der Waals surface area contributed by atoms with E-state index in [4.69, 9.17) is 23.2 Å². The van der Waals surface area contributed by atoms with Crippen molar-refractivity contribution in [3.05, 3.63) is 33.8 Å². The minimum absolute atomic E-state index is 0.234. The summed E-state index contributed by atoms with van der Waals surface area (Å²) in [6.45, 7) is 1.81. The molecule has 0 amide bonds. The van der Waals surface area contributed by atoms with Crippen LogP contribution in [0.15, 0.2) is 18.2 Å². The van der Waals surface area contributed by atoms with Crippen molar-refractivity contribution in [2.45, 2.75) is 6.54 Å². The summed E-state index contributed by atoms with van der Waals surface area (Å²) in [5, 5.41) is 1.24. The third-order valence-electron chi connectivity index (χ3n) is 2.85. The van der Waals surface area contributed by atoms with E-state index in [2.05, 4.69) is 4.90 Å². The highest BCUT2D eigenvalue weighted by atomic mass is 35.5. The molecule has 94 valence electrons. The number of rotatable bonds is 2. The van der Waals surface area contributed by atoms with Crippen molar-refractivity contribution >= 4 is 33.0 Å². The molecule has 6 heteroatoms. The molecule has 1 aliphatic heterocycles. The lowest BCUT2D eigenvalue weighted by molar-refractivity contribution is 0.288. The van der Waals surface area contributed by atoms with Gasteiger partial charge in [0.05, 0.1) is 11.5 Å². The van der Waals surface area contributed by atoms with Crippen LogP contribution >= 0.6 is 23.2 Å². The maximum atomic E-state index is 11.3. The molecule has 0 unspecified atom stereocenters. The van der Waals surface area contributed by atoms with Crippen LogP contribution in [0, 0.1) is 0 Å². The summed E-state index contributed by atoms with van der Waals surface area (Å²) < 4.78 is 22.6. The summed E-state index contributed by atoms with van der Waals surface area (Å²) >= 11 is 11.9. The van der Waals surface area contributed by atoms with Gasteiger partial charge in [-0.3, -0.25) is 4.90 Å². The van der Waals surface area contributed by atoms with Crippen LogP contribution in [0.1, 0.15) is 5.56 Å². The molecule has 0 N–H and O–H groups in total. The fourth-order valence-corrected chi connectivity index (χ4v) is 3.54. The minimum atomic E-state index is -2.82. The molecule has 1 saturated heterocycles. The van der Waals surface area contributed by atoms with E-state index in [0.717, 1.165) is 5.56 Å². The van der Waals surface area contributed by atoms with Gasteiger partial charge in [-0.25, -0.2) is 8.42 Å². The highest BCUT2D eigenvalue weighted by Gasteiger charge is 2.21. The van der Waals surface area contributed by atoms with Crippen molar-refractivity contribution in [1.29, 1.82) is 0 Å². The van der Waals surface area contributed by atoms with Crippen LogP contribution in [-0.2, 0) is 16.4 Å². The quantitative estimate of drug-likeness (QED) is 0.839. The summed E-state index contributed by atoms with van der Waals surface area (Å²) in [5.41, 5.74) is 0.982. The predicted octanol–water partition coefficient (Wildman–Crippen LogP) is 2.22. The van der Waals surface area contributed by atoms with E-state index in [1.807, 2.05) is 6.07 Å².